The van der Waals surface area contributed by atoms with E-state index in [2.05, 4.69) is 5.32 Å². The van der Waals surface area contributed by atoms with E-state index in [1.807, 2.05) is 0 Å². The Kier molecular flexibility index (Phi) is 6.68. The van der Waals surface area contributed by atoms with Crippen molar-refractivity contribution in [3.05, 3.63) is 80.9 Å². The summed E-state index contributed by atoms with van der Waals surface area (Å²) < 4.78 is 59.5. The summed E-state index contributed by atoms with van der Waals surface area (Å²) in [6, 6.07) is 8.09. The summed E-state index contributed by atoms with van der Waals surface area (Å²) in [5.74, 6) is -1.16. The third kappa shape index (κ3) is 4.67. The Hall–Kier alpha value is -3.20. The van der Waals surface area contributed by atoms with Crippen molar-refractivity contribution in [1.82, 2.24) is 9.88 Å². The van der Waals surface area contributed by atoms with Gasteiger partial charge in [-0.3, -0.25) is 9.59 Å². The molecule has 170 valence electrons. The molecule has 0 bridgehead atoms. The summed E-state index contributed by atoms with van der Waals surface area (Å²) in [6.07, 6.45) is -4.59. The summed E-state index contributed by atoms with van der Waals surface area (Å²) >= 11 is 0. The van der Waals surface area contributed by atoms with Crippen molar-refractivity contribution in [3.8, 4) is 0 Å². The lowest BCUT2D eigenvalue weighted by atomic mass is 10.0. The Labute approximate surface area is 181 Å². The molecule has 3 aromatic rings. The molecule has 32 heavy (non-hydrogen) atoms. The second kappa shape index (κ2) is 9.12. The van der Waals surface area contributed by atoms with Crippen molar-refractivity contribution in [3.63, 3.8) is 0 Å². The molecule has 1 aromatic heterocycles. The smallest absolute Gasteiger partial charge is 0.383 e. The number of methoxy groups -OCH3 is 1. The lowest BCUT2D eigenvalue weighted by molar-refractivity contribution is -0.137. The Morgan fingerprint density at radius 1 is 1.19 bits per heavy atom. The molecule has 0 radical (unpaired) electrons. The number of alkyl halides is 3. The van der Waals surface area contributed by atoms with Crippen molar-refractivity contribution < 1.29 is 27.1 Å². The molecule has 0 aliphatic carbocycles. The highest BCUT2D eigenvalue weighted by atomic mass is 19.4. The number of aryl methyl sites for hydroxylation is 1. The molecule has 1 atom stereocenters. The number of aromatic nitrogens is 1. The Morgan fingerprint density at radius 2 is 1.91 bits per heavy atom. The molecular formula is C23H22F4N2O3. The summed E-state index contributed by atoms with van der Waals surface area (Å²) in [4.78, 5) is 26.2. The van der Waals surface area contributed by atoms with Gasteiger partial charge in [-0.25, -0.2) is 4.39 Å². The Bertz CT molecular complexity index is 1220. The molecule has 0 aliphatic heterocycles. The van der Waals surface area contributed by atoms with E-state index in [1.54, 1.807) is 13.0 Å². The van der Waals surface area contributed by atoms with E-state index < -0.39 is 35.1 Å². The third-order valence-electron chi connectivity index (χ3n) is 5.21. The van der Waals surface area contributed by atoms with Crippen molar-refractivity contribution in [2.75, 3.05) is 13.7 Å². The number of rotatable bonds is 6. The van der Waals surface area contributed by atoms with Gasteiger partial charge in [-0.05, 0) is 49.2 Å². The number of amides is 1. The van der Waals surface area contributed by atoms with E-state index in [0.717, 1.165) is 16.7 Å². The van der Waals surface area contributed by atoms with Crippen LogP contribution in [0.1, 0.15) is 40.0 Å². The molecule has 1 amide bonds. The maximum absolute atomic E-state index is 13.4. The molecular weight excluding hydrogens is 428 g/mol. The number of nitrogens with one attached hydrogen (secondary N) is 1. The quantitative estimate of drug-likeness (QED) is 0.559. The largest absolute Gasteiger partial charge is 0.416 e. The van der Waals surface area contributed by atoms with Gasteiger partial charge < -0.3 is 14.6 Å². The highest BCUT2D eigenvalue weighted by Crippen LogP contribution is 2.33. The Balaban J connectivity index is 2.14. The van der Waals surface area contributed by atoms with Crippen LogP contribution < -0.4 is 10.9 Å². The van der Waals surface area contributed by atoms with Gasteiger partial charge in [-0.1, -0.05) is 18.2 Å². The van der Waals surface area contributed by atoms with Crippen LogP contribution in [0.2, 0.25) is 0 Å². The molecule has 0 spiro atoms. The molecule has 2 aromatic carbocycles. The first-order valence-electron chi connectivity index (χ1n) is 9.82. The molecule has 1 unspecified atom stereocenters. The second-order valence-electron chi connectivity index (χ2n) is 7.52. The first kappa shape index (κ1) is 23.5. The van der Waals surface area contributed by atoms with Crippen LogP contribution in [0.4, 0.5) is 17.6 Å². The fourth-order valence-corrected chi connectivity index (χ4v) is 3.69. The fourth-order valence-electron chi connectivity index (χ4n) is 3.69. The third-order valence-corrected chi connectivity index (χ3v) is 5.21. The zero-order valence-corrected chi connectivity index (χ0v) is 17.7. The lowest BCUT2D eigenvalue weighted by Gasteiger charge is -2.21. The number of carbonyl (C=O) groups excluding carboxylic acids is 1. The van der Waals surface area contributed by atoms with Gasteiger partial charge in [0, 0.05) is 19.0 Å². The molecule has 5 nitrogen and oxygen atoms in total. The number of pyridine rings is 1. The molecule has 9 heteroatoms. The highest BCUT2D eigenvalue weighted by molar-refractivity contribution is 6.00. The number of hydrogen-bond acceptors (Lipinski definition) is 3. The number of nitrogens with zero attached hydrogens (tertiary/aromatic N) is 1. The van der Waals surface area contributed by atoms with Gasteiger partial charge in [0.25, 0.3) is 11.5 Å². The van der Waals surface area contributed by atoms with Gasteiger partial charge >= 0.3 is 6.18 Å². The topological polar surface area (TPSA) is 60.3 Å². The molecule has 0 fully saturated rings. The minimum Gasteiger partial charge on any atom is -0.383 e. The summed E-state index contributed by atoms with van der Waals surface area (Å²) in [5, 5.41) is 2.94. The normalized spacial score (nSPS) is 12.7. The van der Waals surface area contributed by atoms with Crippen LogP contribution in [0, 0.1) is 12.7 Å². The first-order valence-corrected chi connectivity index (χ1v) is 9.82. The van der Waals surface area contributed by atoms with Crippen LogP contribution in [0.3, 0.4) is 0 Å². The van der Waals surface area contributed by atoms with E-state index in [0.29, 0.717) is 10.9 Å². The van der Waals surface area contributed by atoms with Gasteiger partial charge in [0.05, 0.1) is 23.7 Å². The number of benzene rings is 2. The van der Waals surface area contributed by atoms with E-state index in [9.17, 15) is 27.2 Å². The molecule has 0 saturated heterocycles. The highest BCUT2D eigenvalue weighted by Gasteiger charge is 2.32. The number of ether oxygens (including phenoxy) is 1. The number of halogens is 4. The Morgan fingerprint density at radius 3 is 2.53 bits per heavy atom. The minimum atomic E-state index is -4.59. The van der Waals surface area contributed by atoms with Gasteiger partial charge in [0.2, 0.25) is 0 Å². The predicted molar refractivity (Wildman–Crippen MR) is 112 cm³/mol. The maximum Gasteiger partial charge on any atom is 0.416 e. The molecule has 1 N–H and O–H groups in total. The average Bonchev–Trinajstić information content (AvgIpc) is 2.71. The van der Waals surface area contributed by atoms with Gasteiger partial charge in [0.15, 0.2) is 0 Å². The van der Waals surface area contributed by atoms with E-state index in [1.165, 1.54) is 38.3 Å². The van der Waals surface area contributed by atoms with Gasteiger partial charge in [-0.15, -0.1) is 0 Å². The molecule has 3 rings (SSSR count). The maximum atomic E-state index is 13.4. The van der Waals surface area contributed by atoms with Crippen molar-refractivity contribution in [2.24, 2.45) is 0 Å². The molecule has 1 heterocycles. The van der Waals surface area contributed by atoms with E-state index in [4.69, 9.17) is 4.74 Å². The molecule has 0 aliphatic rings. The van der Waals surface area contributed by atoms with Gasteiger partial charge in [-0.2, -0.15) is 13.2 Å². The van der Waals surface area contributed by atoms with Crippen LogP contribution in [-0.2, 0) is 17.5 Å². The number of fused-ring (bicyclic) bond motifs is 1. The van der Waals surface area contributed by atoms with E-state index >= 15 is 0 Å². The van der Waals surface area contributed by atoms with Crippen molar-refractivity contribution >= 4 is 16.8 Å². The van der Waals surface area contributed by atoms with E-state index in [-0.39, 0.29) is 29.8 Å². The standard InChI is InChI=1S/C23H22F4N2O3/c1-13(12-32-3)29-19-10-16(23(25,26)27)7-8-18(19)14(2)20(22(29)31)21(30)28-11-15-5-4-6-17(24)9-15/h4-10,13H,11-12H2,1-3H3,(H,28,30). The lowest BCUT2D eigenvalue weighted by Crippen LogP contribution is -2.36. The summed E-state index contributed by atoms with van der Waals surface area (Å²) in [5.41, 5.74) is -0.984. The van der Waals surface area contributed by atoms with Crippen molar-refractivity contribution in [1.29, 1.82) is 0 Å². The minimum absolute atomic E-state index is 0.0197. The second-order valence-corrected chi connectivity index (χ2v) is 7.52. The van der Waals surface area contributed by atoms with Crippen LogP contribution >= 0.6 is 0 Å². The van der Waals surface area contributed by atoms with Crippen LogP contribution in [0.15, 0.2) is 47.3 Å². The monoisotopic (exact) mass is 450 g/mol. The first-order chi connectivity index (χ1) is 15.0. The average molecular weight is 450 g/mol. The summed E-state index contributed by atoms with van der Waals surface area (Å²) in [7, 11) is 1.41. The van der Waals surface area contributed by atoms with Crippen molar-refractivity contribution in [2.45, 2.75) is 32.6 Å². The predicted octanol–water partition coefficient (Wildman–Crippen LogP) is 4.61. The zero-order chi connectivity index (χ0) is 23.6. The SMILES string of the molecule is COCC(C)n1c(=O)c(C(=O)NCc2cccc(F)c2)c(C)c2ccc(C(F)(F)F)cc21. The number of hydrogen-bond donors (Lipinski definition) is 1. The van der Waals surface area contributed by atoms with Crippen LogP contribution in [0.25, 0.3) is 10.9 Å². The van der Waals surface area contributed by atoms with Crippen LogP contribution in [0.5, 0.6) is 0 Å². The van der Waals surface area contributed by atoms with Gasteiger partial charge in [0.1, 0.15) is 11.4 Å². The zero-order valence-electron chi connectivity index (χ0n) is 17.7. The summed E-state index contributed by atoms with van der Waals surface area (Å²) in [6.45, 7) is 3.17. The molecule has 0 saturated carbocycles. The number of carbonyl (C=O) groups is 1. The fraction of sp³-hybridized carbons (Fsp3) is 0.304. The van der Waals surface area contributed by atoms with Crippen LogP contribution in [-0.4, -0.2) is 24.2 Å².